The molecule has 3 fully saturated rings. The van der Waals surface area contributed by atoms with Gasteiger partial charge in [0.15, 0.2) is 0 Å². The molecule has 14 heteroatoms. The largest absolute Gasteiger partial charge is 0.375 e. The molecule has 0 aromatic carbocycles. The van der Waals surface area contributed by atoms with E-state index in [4.69, 9.17) is 15.2 Å². The smallest absolute Gasteiger partial charge is 0.245 e. The molecule has 7 N–H and O–H groups in total. The second-order valence-corrected chi connectivity index (χ2v) is 15.6. The van der Waals surface area contributed by atoms with E-state index < -0.39 is 60.0 Å². The summed E-state index contributed by atoms with van der Waals surface area (Å²) >= 11 is 0. The third-order valence-corrected chi connectivity index (χ3v) is 11.2. The molecule has 0 unspecified atom stereocenters. The third kappa shape index (κ3) is 14.4. The van der Waals surface area contributed by atoms with E-state index in [-0.39, 0.29) is 43.6 Å². The van der Waals surface area contributed by atoms with Crippen LogP contribution in [0.4, 0.5) is 0 Å². The van der Waals surface area contributed by atoms with E-state index >= 15 is 0 Å². The number of carbonyl (C=O) groups is 5. The van der Waals surface area contributed by atoms with Crippen molar-refractivity contribution in [3.63, 3.8) is 0 Å². The lowest BCUT2D eigenvalue weighted by Crippen LogP contribution is -2.62. The van der Waals surface area contributed by atoms with Crippen LogP contribution in [0.3, 0.4) is 0 Å². The van der Waals surface area contributed by atoms with Crippen LogP contribution >= 0.6 is 0 Å². The van der Waals surface area contributed by atoms with Crippen molar-refractivity contribution in [1.82, 2.24) is 31.5 Å². The zero-order valence-corrected chi connectivity index (χ0v) is 33.2. The molecule has 3 rings (SSSR count). The first-order chi connectivity index (χ1) is 25.5. The summed E-state index contributed by atoms with van der Waals surface area (Å²) in [6.07, 6.45) is 12.3. The molecule has 0 spiro atoms. The van der Waals surface area contributed by atoms with Gasteiger partial charge in [-0.1, -0.05) is 85.0 Å². The number of nitrogens with one attached hydrogen (secondary N) is 5. The molecule has 0 aromatic heterocycles. The van der Waals surface area contributed by atoms with Crippen molar-refractivity contribution in [2.75, 3.05) is 39.9 Å². The Bertz CT molecular complexity index is 1150. The van der Waals surface area contributed by atoms with Crippen LogP contribution in [0.1, 0.15) is 124 Å². The van der Waals surface area contributed by atoms with E-state index in [0.717, 1.165) is 90.0 Å². The molecule has 3 aliphatic rings. The molecule has 1 saturated carbocycles. The van der Waals surface area contributed by atoms with Gasteiger partial charge in [-0.05, 0) is 51.5 Å². The maximum absolute atomic E-state index is 14.3. The lowest BCUT2D eigenvalue weighted by atomic mass is 9.90. The maximum atomic E-state index is 14.3. The van der Waals surface area contributed by atoms with Gasteiger partial charge in [0.1, 0.15) is 24.2 Å². The number of likely N-dealkylation sites (N-methyl/N-ethyl adjacent to an activating group) is 1. The summed E-state index contributed by atoms with van der Waals surface area (Å²) in [4.78, 5) is 71.6. The molecule has 14 nitrogen and oxygen atoms in total. The summed E-state index contributed by atoms with van der Waals surface area (Å²) in [6, 6.07) is -4.40. The number of nitrogens with zero attached hydrogens (tertiary/aromatic N) is 1. The fourth-order valence-electron chi connectivity index (χ4n) is 7.68. The highest BCUT2D eigenvalue weighted by Gasteiger charge is 2.38. The second kappa shape index (κ2) is 23.9. The molecule has 5 amide bonds. The summed E-state index contributed by atoms with van der Waals surface area (Å²) in [7, 11) is 1.66. The van der Waals surface area contributed by atoms with Gasteiger partial charge in [0.2, 0.25) is 29.5 Å². The van der Waals surface area contributed by atoms with Gasteiger partial charge in [-0.2, -0.15) is 0 Å². The fourth-order valence-corrected chi connectivity index (χ4v) is 7.68. The van der Waals surface area contributed by atoms with Crippen molar-refractivity contribution >= 4 is 29.5 Å². The van der Waals surface area contributed by atoms with Gasteiger partial charge in [0.25, 0.3) is 0 Å². The Morgan fingerprint density at radius 1 is 0.774 bits per heavy atom. The average Bonchev–Trinajstić information content (AvgIpc) is 3.53. The van der Waals surface area contributed by atoms with Crippen LogP contribution in [0.15, 0.2) is 0 Å². The van der Waals surface area contributed by atoms with Crippen LogP contribution in [0.25, 0.3) is 0 Å². The normalized spacial score (nSPS) is 31.1. The molecule has 8 atom stereocenters. The van der Waals surface area contributed by atoms with Crippen molar-refractivity contribution in [3.8, 4) is 0 Å². The summed E-state index contributed by atoms with van der Waals surface area (Å²) in [6.45, 7) is 9.15. The first-order valence-electron chi connectivity index (χ1n) is 20.6. The van der Waals surface area contributed by atoms with E-state index in [0.29, 0.717) is 19.4 Å². The van der Waals surface area contributed by atoms with Crippen molar-refractivity contribution in [1.29, 1.82) is 0 Å². The number of carbonyl (C=O) groups excluding carboxylic acids is 5. The van der Waals surface area contributed by atoms with Crippen LogP contribution in [0, 0.1) is 11.8 Å². The number of nitrogens with two attached hydrogens (primary N) is 1. The highest BCUT2D eigenvalue weighted by atomic mass is 16.5. The lowest BCUT2D eigenvalue weighted by molar-refractivity contribution is -0.147. The molecular weight excluding hydrogens is 678 g/mol. The number of hydrogen-bond acceptors (Lipinski definition) is 9. The quantitative estimate of drug-likeness (QED) is 0.121. The minimum Gasteiger partial charge on any atom is -0.375 e. The fraction of sp³-hybridized carbons (Fsp3) is 0.872. The number of ether oxygens (including phenoxy) is 2. The first-order valence-corrected chi connectivity index (χ1v) is 20.6. The van der Waals surface area contributed by atoms with Gasteiger partial charge in [-0.15, -0.1) is 0 Å². The van der Waals surface area contributed by atoms with Crippen molar-refractivity contribution < 1.29 is 33.4 Å². The Morgan fingerprint density at radius 2 is 1.45 bits per heavy atom. The Kier molecular flexibility index (Phi) is 20.1. The molecule has 0 aromatic rings. The highest BCUT2D eigenvalue weighted by Crippen LogP contribution is 2.27. The zero-order valence-electron chi connectivity index (χ0n) is 33.2. The van der Waals surface area contributed by atoms with E-state index in [1.54, 1.807) is 7.05 Å². The van der Waals surface area contributed by atoms with Gasteiger partial charge >= 0.3 is 0 Å². The van der Waals surface area contributed by atoms with Crippen molar-refractivity contribution in [2.24, 2.45) is 17.6 Å². The molecule has 1 aliphatic carbocycles. The third-order valence-electron chi connectivity index (χ3n) is 11.2. The minimum atomic E-state index is -1.16. The predicted octanol–water partition coefficient (Wildman–Crippen LogP) is 2.28. The Balaban J connectivity index is 1.99. The van der Waals surface area contributed by atoms with E-state index in [9.17, 15) is 24.0 Å². The van der Waals surface area contributed by atoms with Crippen molar-refractivity contribution in [2.45, 2.75) is 166 Å². The Hall–Kier alpha value is -2.81. The molecule has 2 aliphatic heterocycles. The zero-order chi connectivity index (χ0) is 38.8. The van der Waals surface area contributed by atoms with Crippen LogP contribution in [-0.2, 0) is 33.4 Å². The van der Waals surface area contributed by atoms with Crippen molar-refractivity contribution in [3.05, 3.63) is 0 Å². The van der Waals surface area contributed by atoms with Gasteiger partial charge in [-0.3, -0.25) is 24.0 Å². The van der Waals surface area contributed by atoms with Crippen LogP contribution in [0.5, 0.6) is 0 Å². The van der Waals surface area contributed by atoms with Crippen LogP contribution < -0.4 is 32.3 Å². The standard InChI is InChI=1S/C39H71N7O7/c1-6-8-10-15-19-33-27(4)39(51)46(5)32(18-9-7-2)37(49)45-34(28-16-13-11-12-14-17-28)38(50)43-30(22-40)35(47)44-31(25-52-29-20-21-41-23-29)36(48)42-26(3)24-53-33/h26-34,41H,6-25,40H2,1-5H3,(H,42,48)(H,43,50)(H,44,47)(H,45,49)/t26-,27-,29-,30+,31+,32+,33-,34+/m1/s1. The summed E-state index contributed by atoms with van der Waals surface area (Å²) < 4.78 is 12.5. The summed E-state index contributed by atoms with van der Waals surface area (Å²) in [5.74, 6) is -2.88. The number of hydrogen-bond donors (Lipinski definition) is 6. The molecule has 53 heavy (non-hydrogen) atoms. The van der Waals surface area contributed by atoms with Gasteiger partial charge < -0.3 is 46.7 Å². The lowest BCUT2D eigenvalue weighted by Gasteiger charge is -2.34. The van der Waals surface area contributed by atoms with Gasteiger partial charge in [0, 0.05) is 26.2 Å². The monoisotopic (exact) mass is 750 g/mol. The topological polar surface area (TPSA) is 193 Å². The molecule has 2 saturated heterocycles. The first kappa shape index (κ1) is 44.6. The number of rotatable bonds is 13. The van der Waals surface area contributed by atoms with E-state index in [1.165, 1.54) is 4.90 Å². The molecular formula is C39H71N7O7. The maximum Gasteiger partial charge on any atom is 0.245 e. The average molecular weight is 750 g/mol. The van der Waals surface area contributed by atoms with E-state index in [2.05, 4.69) is 33.5 Å². The number of unbranched alkanes of at least 4 members (excludes halogenated alkanes) is 4. The molecule has 0 radical (unpaired) electrons. The van der Waals surface area contributed by atoms with E-state index in [1.807, 2.05) is 20.8 Å². The summed E-state index contributed by atoms with van der Waals surface area (Å²) in [5, 5.41) is 14.8. The predicted molar refractivity (Wildman–Crippen MR) is 205 cm³/mol. The highest BCUT2D eigenvalue weighted by molar-refractivity contribution is 5.96. The Labute approximate surface area is 317 Å². The minimum absolute atomic E-state index is 0.0689. The Morgan fingerprint density at radius 3 is 2.09 bits per heavy atom. The van der Waals surface area contributed by atoms with Crippen LogP contribution in [-0.4, -0.2) is 117 Å². The van der Waals surface area contributed by atoms with Gasteiger partial charge in [-0.25, -0.2) is 0 Å². The molecule has 2 heterocycles. The molecule has 0 bridgehead atoms. The molecule has 304 valence electrons. The summed E-state index contributed by atoms with van der Waals surface area (Å²) in [5.41, 5.74) is 6.07. The van der Waals surface area contributed by atoms with Crippen LogP contribution in [0.2, 0.25) is 0 Å². The SMILES string of the molecule is CCCCCC[C@H]1OC[C@@H](C)NC(=O)[C@H](CO[C@@H]2CCNC2)NC(=O)[C@H](CN)NC(=O)[C@H](C2CCCCCC2)NC(=O)[C@H](CCCC)N(C)C(=O)[C@@H]1C. The second-order valence-electron chi connectivity index (χ2n) is 15.6. The van der Waals surface area contributed by atoms with Gasteiger partial charge in [0.05, 0.1) is 31.3 Å². The number of amides is 5.